The number of nitrogens with zero attached hydrogens (tertiary/aromatic N) is 1. The molecule has 1 saturated heterocycles. The van der Waals surface area contributed by atoms with Crippen molar-refractivity contribution in [2.24, 2.45) is 0 Å². The number of aryl methyl sites for hydroxylation is 1. The minimum Gasteiger partial charge on any atom is -0.462 e. The second-order valence-corrected chi connectivity index (χ2v) is 5.11. The quantitative estimate of drug-likeness (QED) is 0.855. The molecule has 1 aliphatic rings. The van der Waals surface area contributed by atoms with Crippen LogP contribution in [0.5, 0.6) is 0 Å². The second kappa shape index (κ2) is 5.04. The number of rotatable bonds is 3. The third-order valence-electron chi connectivity index (χ3n) is 3.63. The van der Waals surface area contributed by atoms with Crippen molar-refractivity contribution in [2.45, 2.75) is 32.5 Å². The molecule has 2 atom stereocenters. The highest BCUT2D eigenvalue weighted by molar-refractivity contribution is 5.70. The van der Waals surface area contributed by atoms with Crippen LogP contribution in [-0.2, 0) is 11.3 Å². The van der Waals surface area contributed by atoms with Crippen LogP contribution in [0.1, 0.15) is 30.1 Å². The summed E-state index contributed by atoms with van der Waals surface area (Å²) in [6.07, 6.45) is -0.625. The second-order valence-electron chi connectivity index (χ2n) is 5.11. The highest BCUT2D eigenvalue weighted by Gasteiger charge is 2.41. The highest BCUT2D eigenvalue weighted by atomic mass is 16.6. The summed E-state index contributed by atoms with van der Waals surface area (Å²) in [5.74, 6) is 1.53. The van der Waals surface area contributed by atoms with Crippen molar-refractivity contribution >= 4 is 6.09 Å². The lowest BCUT2D eigenvalue weighted by Gasteiger charge is -2.19. The monoisotopic (exact) mass is 271 g/mol. The number of amides is 1. The predicted molar refractivity (Wildman–Crippen MR) is 74.1 cm³/mol. The molecule has 1 aromatic carbocycles. The van der Waals surface area contributed by atoms with E-state index in [0.717, 1.165) is 11.3 Å². The fourth-order valence-corrected chi connectivity index (χ4v) is 2.50. The first-order chi connectivity index (χ1) is 9.65. The number of carbonyl (C=O) groups excluding carboxylic acids is 1. The van der Waals surface area contributed by atoms with Gasteiger partial charge in [-0.2, -0.15) is 0 Å². The molecular weight excluding hydrogens is 254 g/mol. The van der Waals surface area contributed by atoms with Gasteiger partial charge in [-0.25, -0.2) is 4.79 Å². The van der Waals surface area contributed by atoms with Crippen molar-refractivity contribution in [3.05, 3.63) is 59.5 Å². The normalized spacial score (nSPS) is 22.1. The van der Waals surface area contributed by atoms with Crippen LogP contribution >= 0.6 is 0 Å². The van der Waals surface area contributed by atoms with E-state index >= 15 is 0 Å². The Balaban J connectivity index is 1.78. The SMILES string of the molecule is Cc1ccc([C@H]2OC(=O)N(Cc3ccccc3)[C@H]2C)o1. The molecule has 1 fully saturated rings. The molecule has 20 heavy (non-hydrogen) atoms. The van der Waals surface area contributed by atoms with Crippen LogP contribution in [0.25, 0.3) is 0 Å². The van der Waals surface area contributed by atoms with Crippen LogP contribution in [0.3, 0.4) is 0 Å². The van der Waals surface area contributed by atoms with Crippen molar-refractivity contribution in [3.8, 4) is 0 Å². The fraction of sp³-hybridized carbons (Fsp3) is 0.312. The molecule has 1 aliphatic heterocycles. The smallest absolute Gasteiger partial charge is 0.411 e. The standard InChI is InChI=1S/C16H17NO3/c1-11-8-9-14(19-11)15-12(2)17(16(18)20-15)10-13-6-4-3-5-7-13/h3-9,12,15H,10H2,1-2H3/t12-,15-/m0/s1. The topological polar surface area (TPSA) is 42.7 Å². The highest BCUT2D eigenvalue weighted by Crippen LogP contribution is 2.34. The first-order valence-corrected chi connectivity index (χ1v) is 6.72. The van der Waals surface area contributed by atoms with Crippen LogP contribution in [0.2, 0.25) is 0 Å². The molecule has 0 radical (unpaired) electrons. The molecule has 4 nitrogen and oxygen atoms in total. The molecular formula is C16H17NO3. The summed E-state index contributed by atoms with van der Waals surface area (Å²) >= 11 is 0. The van der Waals surface area contributed by atoms with Crippen LogP contribution in [0.15, 0.2) is 46.9 Å². The average Bonchev–Trinajstić information content (AvgIpc) is 2.98. The maximum atomic E-state index is 12.0. The Kier molecular flexibility index (Phi) is 3.22. The number of ether oxygens (including phenoxy) is 1. The van der Waals surface area contributed by atoms with Crippen molar-refractivity contribution in [2.75, 3.05) is 0 Å². The number of carbonyl (C=O) groups is 1. The van der Waals surface area contributed by atoms with E-state index in [1.807, 2.05) is 56.3 Å². The molecule has 1 amide bonds. The van der Waals surface area contributed by atoms with Gasteiger partial charge in [0.1, 0.15) is 11.5 Å². The number of cyclic esters (lactones) is 1. The van der Waals surface area contributed by atoms with E-state index in [-0.39, 0.29) is 18.2 Å². The van der Waals surface area contributed by atoms with Crippen LogP contribution in [0, 0.1) is 6.92 Å². The van der Waals surface area contributed by atoms with Crippen molar-refractivity contribution in [1.29, 1.82) is 0 Å². The van der Waals surface area contributed by atoms with Gasteiger partial charge in [-0.1, -0.05) is 30.3 Å². The van der Waals surface area contributed by atoms with E-state index in [0.29, 0.717) is 12.3 Å². The average molecular weight is 271 g/mol. The van der Waals surface area contributed by atoms with E-state index in [1.165, 1.54) is 0 Å². The summed E-state index contributed by atoms with van der Waals surface area (Å²) < 4.78 is 11.0. The summed E-state index contributed by atoms with van der Waals surface area (Å²) in [6.45, 7) is 4.42. The lowest BCUT2D eigenvalue weighted by molar-refractivity contribution is 0.118. The summed E-state index contributed by atoms with van der Waals surface area (Å²) in [4.78, 5) is 13.8. The largest absolute Gasteiger partial charge is 0.462 e. The predicted octanol–water partition coefficient (Wildman–Crippen LogP) is 3.67. The van der Waals surface area contributed by atoms with Crippen molar-refractivity contribution in [3.63, 3.8) is 0 Å². The minimum absolute atomic E-state index is 0.0479. The van der Waals surface area contributed by atoms with E-state index in [1.54, 1.807) is 4.90 Å². The molecule has 0 bridgehead atoms. The van der Waals surface area contributed by atoms with E-state index < -0.39 is 0 Å². The summed E-state index contributed by atoms with van der Waals surface area (Å²) in [5, 5.41) is 0. The molecule has 1 aromatic heterocycles. The zero-order valence-electron chi connectivity index (χ0n) is 11.6. The maximum absolute atomic E-state index is 12.0. The van der Waals surface area contributed by atoms with Gasteiger partial charge < -0.3 is 9.15 Å². The minimum atomic E-state index is -0.333. The summed E-state index contributed by atoms with van der Waals surface area (Å²) in [5.41, 5.74) is 1.09. The van der Waals surface area contributed by atoms with Gasteiger partial charge in [-0.05, 0) is 31.5 Å². The van der Waals surface area contributed by atoms with Crippen LogP contribution in [0.4, 0.5) is 4.79 Å². The fourth-order valence-electron chi connectivity index (χ4n) is 2.50. The number of benzene rings is 1. The van der Waals surface area contributed by atoms with Crippen LogP contribution < -0.4 is 0 Å². The third kappa shape index (κ3) is 2.29. The molecule has 4 heteroatoms. The van der Waals surface area contributed by atoms with E-state index in [9.17, 15) is 4.79 Å². The molecule has 0 spiro atoms. The molecule has 2 heterocycles. The molecule has 0 aliphatic carbocycles. The Bertz CT molecular complexity index is 605. The van der Waals surface area contributed by atoms with Gasteiger partial charge in [0.25, 0.3) is 0 Å². The Hall–Kier alpha value is -2.23. The zero-order chi connectivity index (χ0) is 14.1. The molecule has 3 rings (SSSR count). The zero-order valence-corrected chi connectivity index (χ0v) is 11.6. The first kappa shape index (κ1) is 12.8. The number of furan rings is 1. The van der Waals surface area contributed by atoms with Crippen LogP contribution in [-0.4, -0.2) is 17.0 Å². The Labute approximate surface area is 118 Å². The molecule has 0 N–H and O–H groups in total. The number of hydrogen-bond donors (Lipinski definition) is 0. The lowest BCUT2D eigenvalue weighted by Crippen LogP contribution is -2.31. The molecule has 0 unspecified atom stereocenters. The van der Waals surface area contributed by atoms with E-state index in [2.05, 4.69) is 0 Å². The lowest BCUT2D eigenvalue weighted by atomic mass is 10.1. The summed E-state index contributed by atoms with van der Waals surface area (Å²) in [6, 6.07) is 13.6. The molecule has 2 aromatic rings. The van der Waals surface area contributed by atoms with E-state index in [4.69, 9.17) is 9.15 Å². The number of hydrogen-bond acceptors (Lipinski definition) is 3. The van der Waals surface area contributed by atoms with Gasteiger partial charge in [-0.3, -0.25) is 4.90 Å². The van der Waals surface area contributed by atoms with Gasteiger partial charge in [-0.15, -0.1) is 0 Å². The van der Waals surface area contributed by atoms with Crippen molar-refractivity contribution < 1.29 is 13.9 Å². The van der Waals surface area contributed by atoms with Gasteiger partial charge in [0.15, 0.2) is 6.10 Å². The Morgan fingerprint density at radius 3 is 2.55 bits per heavy atom. The molecule has 0 saturated carbocycles. The van der Waals surface area contributed by atoms with Gasteiger partial charge in [0.2, 0.25) is 0 Å². The van der Waals surface area contributed by atoms with Gasteiger partial charge in [0, 0.05) is 6.54 Å². The maximum Gasteiger partial charge on any atom is 0.411 e. The van der Waals surface area contributed by atoms with Gasteiger partial charge >= 0.3 is 6.09 Å². The third-order valence-corrected chi connectivity index (χ3v) is 3.63. The molecule has 104 valence electrons. The van der Waals surface area contributed by atoms with Gasteiger partial charge in [0.05, 0.1) is 6.04 Å². The van der Waals surface area contributed by atoms with Crippen molar-refractivity contribution in [1.82, 2.24) is 4.90 Å². The Morgan fingerprint density at radius 1 is 1.15 bits per heavy atom. The first-order valence-electron chi connectivity index (χ1n) is 6.72. The Morgan fingerprint density at radius 2 is 1.90 bits per heavy atom. The summed E-state index contributed by atoms with van der Waals surface area (Å²) in [7, 11) is 0.